The number of esters is 1. The molecule has 4 aromatic carbocycles. The van der Waals surface area contributed by atoms with Gasteiger partial charge in [-0.3, -0.25) is 4.79 Å². The van der Waals surface area contributed by atoms with Gasteiger partial charge in [0.15, 0.2) is 6.61 Å². The van der Waals surface area contributed by atoms with E-state index in [2.05, 4.69) is 26.5 Å². The highest BCUT2D eigenvalue weighted by molar-refractivity contribution is 9.10. The van der Waals surface area contributed by atoms with Gasteiger partial charge in [-0.15, -0.1) is 0 Å². The summed E-state index contributed by atoms with van der Waals surface area (Å²) in [6, 6.07) is 24.9. The van der Waals surface area contributed by atoms with E-state index >= 15 is 0 Å². The minimum Gasteiger partial charge on any atom is -0.484 e. The lowest BCUT2D eigenvalue weighted by Gasteiger charge is -2.07. The smallest absolute Gasteiger partial charge is 0.345 e. The second-order valence-corrected chi connectivity index (χ2v) is 8.50. The van der Waals surface area contributed by atoms with Gasteiger partial charge in [-0.2, -0.15) is 5.10 Å². The summed E-state index contributed by atoms with van der Waals surface area (Å²) in [5, 5.41) is 6.34. The molecule has 0 heterocycles. The van der Waals surface area contributed by atoms with Crippen molar-refractivity contribution in [2.45, 2.75) is 0 Å². The van der Waals surface area contributed by atoms with E-state index in [1.54, 1.807) is 48.5 Å². The minimum absolute atomic E-state index is 0.170. The van der Waals surface area contributed by atoms with Gasteiger partial charge in [-0.1, -0.05) is 51.8 Å². The number of hydrogen-bond acceptors (Lipinski definition) is 5. The zero-order valence-electron chi connectivity index (χ0n) is 17.7. The van der Waals surface area contributed by atoms with Crippen LogP contribution in [0.15, 0.2) is 94.5 Å². The van der Waals surface area contributed by atoms with Crippen molar-refractivity contribution in [3.63, 3.8) is 0 Å². The Morgan fingerprint density at radius 3 is 2.41 bits per heavy atom. The average Bonchev–Trinajstić information content (AvgIpc) is 2.84. The van der Waals surface area contributed by atoms with Crippen molar-refractivity contribution in [3.05, 3.63) is 106 Å². The van der Waals surface area contributed by atoms with Crippen molar-refractivity contribution in [1.29, 1.82) is 0 Å². The molecule has 0 aliphatic carbocycles. The number of benzene rings is 4. The minimum atomic E-state index is -0.543. The Balaban J connectivity index is 1.26. The molecule has 0 atom stereocenters. The lowest BCUT2D eigenvalue weighted by Crippen LogP contribution is -2.24. The third kappa shape index (κ3) is 6.21. The summed E-state index contributed by atoms with van der Waals surface area (Å²) in [4.78, 5) is 24.2. The van der Waals surface area contributed by atoms with E-state index in [1.807, 2.05) is 36.4 Å². The molecule has 0 aliphatic heterocycles. The van der Waals surface area contributed by atoms with Gasteiger partial charge in [0.2, 0.25) is 0 Å². The van der Waals surface area contributed by atoms with Crippen molar-refractivity contribution in [2.75, 3.05) is 6.61 Å². The number of amides is 1. The fourth-order valence-electron chi connectivity index (χ4n) is 3.06. The van der Waals surface area contributed by atoms with Gasteiger partial charge in [-0.05, 0) is 77.0 Å². The number of rotatable bonds is 7. The Labute approximate surface area is 209 Å². The molecule has 0 spiro atoms. The molecule has 4 rings (SSSR count). The second-order valence-electron chi connectivity index (χ2n) is 7.17. The summed E-state index contributed by atoms with van der Waals surface area (Å²) in [5.41, 5.74) is 3.42. The number of nitrogens with one attached hydrogen (secondary N) is 1. The highest BCUT2D eigenvalue weighted by atomic mass is 79.9. The Bertz CT molecular complexity index is 1370. The van der Waals surface area contributed by atoms with Crippen molar-refractivity contribution in [2.24, 2.45) is 5.10 Å². The van der Waals surface area contributed by atoms with E-state index in [0.29, 0.717) is 22.1 Å². The first-order valence-electron chi connectivity index (χ1n) is 10.2. The van der Waals surface area contributed by atoms with Crippen LogP contribution in [0.25, 0.3) is 10.8 Å². The highest BCUT2D eigenvalue weighted by Crippen LogP contribution is 2.24. The maximum Gasteiger partial charge on any atom is 0.345 e. The first-order chi connectivity index (χ1) is 16.5. The molecular weight excluding hydrogens is 520 g/mol. The van der Waals surface area contributed by atoms with Crippen molar-refractivity contribution in [1.82, 2.24) is 5.43 Å². The van der Waals surface area contributed by atoms with Crippen LogP contribution in [0.4, 0.5) is 0 Å². The Morgan fingerprint density at radius 2 is 1.62 bits per heavy atom. The Morgan fingerprint density at radius 1 is 0.912 bits per heavy atom. The van der Waals surface area contributed by atoms with Crippen molar-refractivity contribution in [3.8, 4) is 11.5 Å². The standard InChI is InChI=1S/C26H18BrClN2O4/c27-20-9-7-19-14-22(12-8-18(19)13-20)33-16-25(31)30-29-15-17-5-10-21(11-6-17)34-26(32)23-3-1-2-4-24(23)28/h1-15H,16H2,(H,30,31). The monoisotopic (exact) mass is 536 g/mol. The fraction of sp³-hybridized carbons (Fsp3) is 0.0385. The molecule has 170 valence electrons. The zero-order valence-corrected chi connectivity index (χ0v) is 20.0. The highest BCUT2D eigenvalue weighted by Gasteiger charge is 2.12. The van der Waals surface area contributed by atoms with Crippen LogP contribution in [0, 0.1) is 0 Å². The molecular formula is C26H18BrClN2O4. The number of carbonyl (C=O) groups excluding carboxylic acids is 2. The van der Waals surface area contributed by atoms with Gasteiger partial charge in [0.1, 0.15) is 11.5 Å². The maximum atomic E-state index is 12.2. The van der Waals surface area contributed by atoms with Crippen LogP contribution in [-0.4, -0.2) is 24.7 Å². The predicted molar refractivity (Wildman–Crippen MR) is 136 cm³/mol. The van der Waals surface area contributed by atoms with Gasteiger partial charge in [0.05, 0.1) is 16.8 Å². The predicted octanol–water partition coefficient (Wildman–Crippen LogP) is 6.00. The number of fused-ring (bicyclic) bond motifs is 1. The molecule has 0 saturated carbocycles. The molecule has 0 unspecified atom stereocenters. The summed E-state index contributed by atoms with van der Waals surface area (Å²) in [7, 11) is 0. The van der Waals surface area contributed by atoms with E-state index in [9.17, 15) is 9.59 Å². The zero-order chi connectivity index (χ0) is 23.9. The number of hydrogen-bond donors (Lipinski definition) is 1. The lowest BCUT2D eigenvalue weighted by molar-refractivity contribution is -0.123. The molecule has 0 fully saturated rings. The Kier molecular flexibility index (Phi) is 7.57. The lowest BCUT2D eigenvalue weighted by atomic mass is 10.1. The van der Waals surface area contributed by atoms with E-state index < -0.39 is 11.9 Å². The van der Waals surface area contributed by atoms with Crippen molar-refractivity contribution < 1.29 is 19.1 Å². The molecule has 34 heavy (non-hydrogen) atoms. The average molecular weight is 538 g/mol. The van der Waals surface area contributed by atoms with Gasteiger partial charge in [0.25, 0.3) is 5.91 Å². The third-order valence-corrected chi connectivity index (χ3v) is 5.55. The normalized spacial score (nSPS) is 10.9. The number of nitrogens with zero attached hydrogens (tertiary/aromatic N) is 1. The number of ether oxygens (including phenoxy) is 2. The summed E-state index contributed by atoms with van der Waals surface area (Å²) in [6.07, 6.45) is 1.48. The van der Waals surface area contributed by atoms with E-state index in [0.717, 1.165) is 15.2 Å². The number of halogens is 2. The molecule has 0 aliphatic rings. The number of hydrazone groups is 1. The maximum absolute atomic E-state index is 12.2. The molecule has 1 amide bonds. The van der Waals surface area contributed by atoms with Crippen LogP contribution in [0.3, 0.4) is 0 Å². The quantitative estimate of drug-likeness (QED) is 0.136. The van der Waals surface area contributed by atoms with Crippen LogP contribution in [0.1, 0.15) is 15.9 Å². The van der Waals surface area contributed by atoms with Crippen LogP contribution in [-0.2, 0) is 4.79 Å². The van der Waals surface area contributed by atoms with Crippen LogP contribution in [0.2, 0.25) is 5.02 Å². The summed E-state index contributed by atoms with van der Waals surface area (Å²) < 4.78 is 11.9. The van der Waals surface area contributed by atoms with E-state index in [-0.39, 0.29) is 12.2 Å². The van der Waals surface area contributed by atoms with Crippen molar-refractivity contribution >= 4 is 56.4 Å². The summed E-state index contributed by atoms with van der Waals surface area (Å²) >= 11 is 9.46. The Hall–Kier alpha value is -3.68. The number of carbonyl (C=O) groups is 2. The van der Waals surface area contributed by atoms with E-state index in [1.165, 1.54) is 6.21 Å². The molecule has 8 heteroatoms. The third-order valence-electron chi connectivity index (χ3n) is 4.73. The summed E-state index contributed by atoms with van der Waals surface area (Å²) in [6.45, 7) is -0.170. The SMILES string of the molecule is O=C(COc1ccc2cc(Br)ccc2c1)NN=Cc1ccc(OC(=O)c2ccccc2Cl)cc1. The van der Waals surface area contributed by atoms with Crippen LogP contribution in [0.5, 0.6) is 11.5 Å². The molecule has 0 bridgehead atoms. The summed E-state index contributed by atoms with van der Waals surface area (Å²) in [5.74, 6) is 0.0223. The van der Waals surface area contributed by atoms with Gasteiger partial charge >= 0.3 is 5.97 Å². The van der Waals surface area contributed by atoms with Crippen LogP contribution < -0.4 is 14.9 Å². The van der Waals surface area contributed by atoms with Gasteiger partial charge in [-0.25, -0.2) is 10.2 Å². The molecule has 1 N–H and O–H groups in total. The fourth-order valence-corrected chi connectivity index (χ4v) is 3.65. The molecule has 0 aromatic heterocycles. The second kappa shape index (κ2) is 11.0. The first-order valence-corrected chi connectivity index (χ1v) is 11.4. The molecule has 0 saturated heterocycles. The van der Waals surface area contributed by atoms with Gasteiger partial charge in [0, 0.05) is 4.47 Å². The molecule has 4 aromatic rings. The molecule has 6 nitrogen and oxygen atoms in total. The topological polar surface area (TPSA) is 77.0 Å². The molecule has 0 radical (unpaired) electrons. The first kappa shape index (κ1) is 23.5. The largest absolute Gasteiger partial charge is 0.484 e. The van der Waals surface area contributed by atoms with E-state index in [4.69, 9.17) is 21.1 Å². The van der Waals surface area contributed by atoms with Crippen LogP contribution >= 0.6 is 27.5 Å². The van der Waals surface area contributed by atoms with Gasteiger partial charge < -0.3 is 9.47 Å².